The van der Waals surface area contributed by atoms with Gasteiger partial charge in [-0.25, -0.2) is 9.78 Å². The largest absolute Gasteiger partial charge is 0.476 e. The average molecular weight is 377 g/mol. The number of carbonyl (C=O) groups is 1. The van der Waals surface area contributed by atoms with Crippen molar-refractivity contribution in [1.82, 2.24) is 15.2 Å². The quantitative estimate of drug-likeness (QED) is 0.627. The van der Waals surface area contributed by atoms with Gasteiger partial charge in [-0.15, -0.1) is 10.2 Å². The number of aryl methyl sites for hydroxylation is 1. The van der Waals surface area contributed by atoms with Gasteiger partial charge >= 0.3 is 5.97 Å². The fourth-order valence-electron chi connectivity index (χ4n) is 3.00. The third kappa shape index (κ3) is 4.20. The minimum atomic E-state index is -1.17. The van der Waals surface area contributed by atoms with E-state index in [0.29, 0.717) is 28.0 Å². The molecule has 0 radical (unpaired) electrons. The highest BCUT2D eigenvalue weighted by Gasteiger charge is 2.23. The fourth-order valence-corrected chi connectivity index (χ4v) is 3.10. The first-order chi connectivity index (χ1) is 12.4. The van der Waals surface area contributed by atoms with Crippen molar-refractivity contribution in [2.75, 3.05) is 10.6 Å². The predicted molar refractivity (Wildman–Crippen MR) is 100 cm³/mol. The van der Waals surface area contributed by atoms with Gasteiger partial charge in [-0.1, -0.05) is 24.4 Å². The summed E-state index contributed by atoms with van der Waals surface area (Å²) >= 11 is 5.98. The van der Waals surface area contributed by atoms with Gasteiger partial charge in [0, 0.05) is 18.2 Å². The maximum absolute atomic E-state index is 11.5. The predicted octanol–water partition coefficient (Wildman–Crippen LogP) is 2.96. The molecular weight excluding hydrogens is 356 g/mol. The molecule has 1 fully saturated rings. The monoisotopic (exact) mass is 376 g/mol. The molecule has 26 heavy (non-hydrogen) atoms. The first-order valence-corrected chi connectivity index (χ1v) is 8.85. The van der Waals surface area contributed by atoms with E-state index in [1.54, 1.807) is 25.1 Å². The summed E-state index contributed by atoms with van der Waals surface area (Å²) in [7, 11) is 0. The van der Waals surface area contributed by atoms with Gasteiger partial charge in [-0.3, -0.25) is 0 Å². The Balaban J connectivity index is 1.86. The topological polar surface area (TPSA) is 126 Å². The van der Waals surface area contributed by atoms with Crippen molar-refractivity contribution in [3.63, 3.8) is 0 Å². The number of nitrogens with two attached hydrogens (primary N) is 1. The lowest BCUT2D eigenvalue weighted by molar-refractivity contribution is 0.0690. The second kappa shape index (κ2) is 7.84. The number of carboxylic acid groups (broad SMARTS) is 1. The first-order valence-electron chi connectivity index (χ1n) is 8.47. The van der Waals surface area contributed by atoms with Gasteiger partial charge in [-0.2, -0.15) is 0 Å². The molecule has 0 aromatic carbocycles. The van der Waals surface area contributed by atoms with Crippen LogP contribution in [0.2, 0.25) is 5.02 Å². The van der Waals surface area contributed by atoms with Crippen molar-refractivity contribution in [2.24, 2.45) is 5.73 Å². The normalized spacial score (nSPS) is 19.8. The standard InChI is InChI=1S/C17H21ClN6O2/c1-9-10(18)6-7-14(20-9)22-13-8-15(23-24-16(13)17(25)26)21-12-5-3-2-4-11(12)19/h6-8,11-12H,2-5,19H2,1H3,(H,25,26)(H2,20,21,22,23)/t11-,12+/m0/s1. The highest BCUT2D eigenvalue weighted by Crippen LogP contribution is 2.25. The Bertz CT molecular complexity index is 816. The number of nitrogens with one attached hydrogen (secondary N) is 2. The Labute approximate surface area is 156 Å². The molecule has 0 spiro atoms. The molecule has 3 rings (SSSR count). The highest BCUT2D eigenvalue weighted by atomic mass is 35.5. The maximum atomic E-state index is 11.5. The number of nitrogens with zero attached hydrogens (tertiary/aromatic N) is 3. The molecule has 0 unspecified atom stereocenters. The molecule has 9 heteroatoms. The average Bonchev–Trinajstić information content (AvgIpc) is 2.60. The van der Waals surface area contributed by atoms with E-state index in [4.69, 9.17) is 17.3 Å². The van der Waals surface area contributed by atoms with Gasteiger partial charge in [-0.05, 0) is 31.9 Å². The van der Waals surface area contributed by atoms with E-state index in [9.17, 15) is 9.90 Å². The number of aromatic nitrogens is 3. The fraction of sp³-hybridized carbons (Fsp3) is 0.412. The molecule has 2 heterocycles. The van der Waals surface area contributed by atoms with Crippen LogP contribution in [0.25, 0.3) is 0 Å². The molecule has 1 saturated carbocycles. The van der Waals surface area contributed by atoms with Crippen LogP contribution in [0.15, 0.2) is 18.2 Å². The summed E-state index contributed by atoms with van der Waals surface area (Å²) in [6.07, 6.45) is 4.13. The molecule has 0 saturated heterocycles. The van der Waals surface area contributed by atoms with E-state index >= 15 is 0 Å². The summed E-state index contributed by atoms with van der Waals surface area (Å²) in [5.74, 6) is -0.222. The Morgan fingerprint density at radius 2 is 2.04 bits per heavy atom. The van der Waals surface area contributed by atoms with Crippen LogP contribution >= 0.6 is 11.6 Å². The maximum Gasteiger partial charge on any atom is 0.358 e. The number of halogens is 1. The van der Waals surface area contributed by atoms with E-state index in [1.807, 2.05) is 0 Å². The second-order valence-corrected chi connectivity index (χ2v) is 6.79. The number of anilines is 3. The summed E-state index contributed by atoms with van der Waals surface area (Å²) in [6.45, 7) is 1.77. The van der Waals surface area contributed by atoms with Crippen LogP contribution < -0.4 is 16.4 Å². The molecule has 138 valence electrons. The lowest BCUT2D eigenvalue weighted by Gasteiger charge is -2.29. The first kappa shape index (κ1) is 18.3. The molecular formula is C17H21ClN6O2. The number of carboxylic acids is 1. The van der Waals surface area contributed by atoms with Crippen molar-refractivity contribution in [3.8, 4) is 0 Å². The number of rotatable bonds is 5. The van der Waals surface area contributed by atoms with Crippen molar-refractivity contribution in [1.29, 1.82) is 0 Å². The van der Waals surface area contributed by atoms with Crippen molar-refractivity contribution in [2.45, 2.75) is 44.7 Å². The SMILES string of the molecule is Cc1nc(Nc2cc(N[C@@H]3CCCC[C@@H]3N)nnc2C(=O)O)ccc1Cl. The number of hydrogen-bond donors (Lipinski definition) is 4. The molecule has 1 aliphatic rings. The third-order valence-corrected chi connectivity index (χ3v) is 4.83. The zero-order valence-electron chi connectivity index (χ0n) is 14.4. The summed E-state index contributed by atoms with van der Waals surface area (Å²) in [6, 6.07) is 5.12. The minimum absolute atomic E-state index is 0.0432. The Morgan fingerprint density at radius 3 is 2.73 bits per heavy atom. The van der Waals surface area contributed by atoms with Gasteiger partial charge in [0.15, 0.2) is 11.5 Å². The van der Waals surface area contributed by atoms with Crippen LogP contribution in [-0.2, 0) is 0 Å². The zero-order valence-corrected chi connectivity index (χ0v) is 15.1. The van der Waals surface area contributed by atoms with Gasteiger partial charge in [0.2, 0.25) is 0 Å². The lowest BCUT2D eigenvalue weighted by atomic mass is 9.91. The van der Waals surface area contributed by atoms with Crippen LogP contribution in [0.1, 0.15) is 41.9 Å². The number of hydrogen-bond acceptors (Lipinski definition) is 7. The van der Waals surface area contributed by atoms with Crippen molar-refractivity contribution < 1.29 is 9.90 Å². The summed E-state index contributed by atoms with van der Waals surface area (Å²) in [4.78, 5) is 15.8. The molecule has 8 nitrogen and oxygen atoms in total. The molecule has 0 bridgehead atoms. The molecule has 0 aliphatic heterocycles. The van der Waals surface area contributed by atoms with E-state index in [-0.39, 0.29) is 17.8 Å². The Kier molecular flexibility index (Phi) is 5.53. The highest BCUT2D eigenvalue weighted by molar-refractivity contribution is 6.31. The molecule has 2 aromatic heterocycles. The summed E-state index contributed by atoms with van der Waals surface area (Å²) < 4.78 is 0. The minimum Gasteiger partial charge on any atom is -0.476 e. The van der Waals surface area contributed by atoms with Crippen LogP contribution in [0.5, 0.6) is 0 Å². The lowest BCUT2D eigenvalue weighted by Crippen LogP contribution is -2.42. The van der Waals surface area contributed by atoms with Crippen LogP contribution in [-0.4, -0.2) is 38.3 Å². The van der Waals surface area contributed by atoms with Crippen LogP contribution in [0.4, 0.5) is 17.3 Å². The molecule has 2 atom stereocenters. The van der Waals surface area contributed by atoms with Crippen LogP contribution in [0.3, 0.4) is 0 Å². The number of pyridine rings is 1. The van der Waals surface area contributed by atoms with Gasteiger partial charge in [0.05, 0.1) is 16.4 Å². The number of aromatic carboxylic acids is 1. The van der Waals surface area contributed by atoms with E-state index in [2.05, 4.69) is 25.8 Å². The van der Waals surface area contributed by atoms with Crippen LogP contribution in [0, 0.1) is 6.92 Å². The molecule has 2 aromatic rings. The van der Waals surface area contributed by atoms with Gasteiger partial charge < -0.3 is 21.5 Å². The van der Waals surface area contributed by atoms with E-state index < -0.39 is 5.97 Å². The molecule has 5 N–H and O–H groups in total. The summed E-state index contributed by atoms with van der Waals surface area (Å²) in [5.41, 5.74) is 6.91. The van der Waals surface area contributed by atoms with E-state index in [1.165, 1.54) is 0 Å². The summed E-state index contributed by atoms with van der Waals surface area (Å²) in [5, 5.41) is 24.0. The zero-order chi connectivity index (χ0) is 18.7. The van der Waals surface area contributed by atoms with Crippen molar-refractivity contribution in [3.05, 3.63) is 34.6 Å². The molecule has 1 aliphatic carbocycles. The Morgan fingerprint density at radius 1 is 1.27 bits per heavy atom. The van der Waals surface area contributed by atoms with Gasteiger partial charge in [0.1, 0.15) is 5.82 Å². The smallest absolute Gasteiger partial charge is 0.358 e. The third-order valence-electron chi connectivity index (χ3n) is 4.43. The van der Waals surface area contributed by atoms with E-state index in [0.717, 1.165) is 25.7 Å². The second-order valence-electron chi connectivity index (χ2n) is 6.38. The van der Waals surface area contributed by atoms with Gasteiger partial charge in [0.25, 0.3) is 0 Å². The van der Waals surface area contributed by atoms with Crippen molar-refractivity contribution >= 4 is 34.9 Å². The Hall–Kier alpha value is -2.45. The molecule has 0 amide bonds.